The Labute approximate surface area is 121 Å². The van der Waals surface area contributed by atoms with Gasteiger partial charge in [-0.25, -0.2) is 4.39 Å². The Balaban J connectivity index is 2.10. The molecule has 0 amide bonds. The first-order valence-corrected chi connectivity index (χ1v) is 7.30. The lowest BCUT2D eigenvalue weighted by Crippen LogP contribution is -2.22. The van der Waals surface area contributed by atoms with Gasteiger partial charge in [0.1, 0.15) is 5.82 Å². The second-order valence-electron chi connectivity index (χ2n) is 5.84. The van der Waals surface area contributed by atoms with Gasteiger partial charge in [-0.1, -0.05) is 31.8 Å². The minimum Gasteiger partial charge on any atom is -0.320 e. The summed E-state index contributed by atoms with van der Waals surface area (Å²) in [5, 5.41) is 0. The first kappa shape index (κ1) is 15.0. The van der Waals surface area contributed by atoms with E-state index in [1.165, 1.54) is 18.6 Å². The van der Waals surface area contributed by atoms with Crippen molar-refractivity contribution in [1.29, 1.82) is 0 Å². The summed E-state index contributed by atoms with van der Waals surface area (Å²) in [6.07, 6.45) is 1.25. The highest BCUT2D eigenvalue weighted by Crippen LogP contribution is 2.25. The smallest absolute Gasteiger partial charge is 0.124 e. The van der Waals surface area contributed by atoms with E-state index < -0.39 is 0 Å². The van der Waals surface area contributed by atoms with Gasteiger partial charge in [-0.3, -0.25) is 4.90 Å². The second-order valence-corrected chi connectivity index (χ2v) is 5.84. The summed E-state index contributed by atoms with van der Waals surface area (Å²) in [4.78, 5) is 2.44. The Morgan fingerprint density at radius 1 is 1.45 bits per heavy atom. The number of hydrogen-bond acceptors (Lipinski definition) is 2. The van der Waals surface area contributed by atoms with E-state index in [1.54, 1.807) is 0 Å². The maximum atomic E-state index is 13.3. The van der Waals surface area contributed by atoms with Crippen LogP contribution in [-0.4, -0.2) is 24.5 Å². The van der Waals surface area contributed by atoms with Crippen molar-refractivity contribution in [2.45, 2.75) is 26.8 Å². The fourth-order valence-electron chi connectivity index (χ4n) is 2.74. The van der Waals surface area contributed by atoms with E-state index in [4.69, 9.17) is 5.73 Å². The molecule has 108 valence electrons. The quantitative estimate of drug-likeness (QED) is 0.859. The van der Waals surface area contributed by atoms with Crippen LogP contribution >= 0.6 is 0 Å². The molecule has 2 nitrogen and oxygen atoms in total. The first-order chi connectivity index (χ1) is 9.60. The Hall–Kier alpha value is -1.37. The van der Waals surface area contributed by atoms with E-state index in [-0.39, 0.29) is 5.82 Å². The predicted molar refractivity (Wildman–Crippen MR) is 80.6 cm³/mol. The van der Waals surface area contributed by atoms with Gasteiger partial charge in [0.25, 0.3) is 0 Å². The summed E-state index contributed by atoms with van der Waals surface area (Å²) in [5.74, 6) is 7.06. The van der Waals surface area contributed by atoms with Crippen LogP contribution in [0.5, 0.6) is 0 Å². The zero-order chi connectivity index (χ0) is 14.5. The highest BCUT2D eigenvalue weighted by molar-refractivity contribution is 5.42. The molecule has 3 heteroatoms. The van der Waals surface area contributed by atoms with Crippen molar-refractivity contribution in [3.05, 3.63) is 35.1 Å². The Bertz CT molecular complexity index is 513. The number of likely N-dealkylation sites (tertiary alicyclic amines) is 1. The summed E-state index contributed by atoms with van der Waals surface area (Å²) in [5.41, 5.74) is 7.26. The molecule has 1 aliphatic rings. The lowest BCUT2D eigenvalue weighted by molar-refractivity contribution is 0.296. The Kier molecular flexibility index (Phi) is 5.17. The molecule has 20 heavy (non-hydrogen) atoms. The van der Waals surface area contributed by atoms with Gasteiger partial charge in [0, 0.05) is 18.7 Å². The molecule has 0 radical (unpaired) electrons. The number of nitrogens with two attached hydrogens (primary N) is 1. The normalized spacial score (nSPS) is 19.1. The molecule has 1 unspecified atom stereocenters. The Morgan fingerprint density at radius 2 is 2.25 bits per heavy atom. The van der Waals surface area contributed by atoms with Crippen molar-refractivity contribution < 1.29 is 4.39 Å². The van der Waals surface area contributed by atoms with E-state index in [9.17, 15) is 4.39 Å². The summed E-state index contributed by atoms with van der Waals surface area (Å²) in [6, 6.07) is 4.87. The van der Waals surface area contributed by atoms with Gasteiger partial charge < -0.3 is 5.73 Å². The zero-order valence-electron chi connectivity index (χ0n) is 12.3. The molecule has 0 bridgehead atoms. The zero-order valence-corrected chi connectivity index (χ0v) is 12.3. The third kappa shape index (κ3) is 3.82. The third-order valence-corrected chi connectivity index (χ3v) is 4.04. The van der Waals surface area contributed by atoms with Gasteiger partial charge in [0.15, 0.2) is 0 Å². The number of nitrogens with zero attached hydrogens (tertiary/aromatic N) is 1. The topological polar surface area (TPSA) is 29.3 Å². The van der Waals surface area contributed by atoms with Crippen molar-refractivity contribution in [3.8, 4) is 11.8 Å². The third-order valence-electron chi connectivity index (χ3n) is 4.04. The van der Waals surface area contributed by atoms with Crippen LogP contribution in [0, 0.1) is 29.5 Å². The van der Waals surface area contributed by atoms with Crippen LogP contribution in [0.2, 0.25) is 0 Å². The highest BCUT2D eigenvalue weighted by Gasteiger charge is 2.25. The molecule has 1 atom stereocenters. The molecule has 1 saturated heterocycles. The highest BCUT2D eigenvalue weighted by atomic mass is 19.1. The minimum atomic E-state index is -0.239. The average molecular weight is 274 g/mol. The lowest BCUT2D eigenvalue weighted by Gasteiger charge is -2.18. The standard InChI is InChI=1S/C17H23FN2/c1-13(2)15-7-9-20(11-15)12-16-5-6-17(18)10-14(16)4-3-8-19/h5-6,10,13,15H,7-9,11-12,19H2,1-2H3. The number of hydrogen-bond donors (Lipinski definition) is 1. The van der Waals surface area contributed by atoms with E-state index >= 15 is 0 Å². The van der Waals surface area contributed by atoms with Crippen LogP contribution < -0.4 is 5.73 Å². The largest absolute Gasteiger partial charge is 0.320 e. The maximum absolute atomic E-state index is 13.3. The molecule has 1 aromatic carbocycles. The van der Waals surface area contributed by atoms with Crippen molar-refractivity contribution in [3.63, 3.8) is 0 Å². The molecule has 1 fully saturated rings. The molecule has 1 heterocycles. The number of rotatable bonds is 3. The fourth-order valence-corrected chi connectivity index (χ4v) is 2.74. The molecular formula is C17H23FN2. The Morgan fingerprint density at radius 3 is 2.90 bits per heavy atom. The molecule has 2 N–H and O–H groups in total. The van der Waals surface area contributed by atoms with Crippen LogP contribution in [0.1, 0.15) is 31.4 Å². The first-order valence-electron chi connectivity index (χ1n) is 7.30. The van der Waals surface area contributed by atoms with Crippen LogP contribution in [-0.2, 0) is 6.54 Å². The van der Waals surface area contributed by atoms with Crippen LogP contribution in [0.15, 0.2) is 18.2 Å². The van der Waals surface area contributed by atoms with Gasteiger partial charge in [-0.2, -0.15) is 0 Å². The molecule has 0 spiro atoms. The van der Waals surface area contributed by atoms with Crippen molar-refractivity contribution >= 4 is 0 Å². The lowest BCUT2D eigenvalue weighted by atomic mass is 9.95. The van der Waals surface area contributed by atoms with Crippen LogP contribution in [0.3, 0.4) is 0 Å². The summed E-state index contributed by atoms with van der Waals surface area (Å²) in [6.45, 7) is 7.95. The van der Waals surface area contributed by atoms with Crippen LogP contribution in [0.4, 0.5) is 4.39 Å². The van der Waals surface area contributed by atoms with Gasteiger partial charge in [-0.05, 0) is 42.5 Å². The van der Waals surface area contributed by atoms with E-state index in [0.717, 1.165) is 42.6 Å². The summed E-state index contributed by atoms with van der Waals surface area (Å²) < 4.78 is 13.3. The molecule has 1 aliphatic heterocycles. The molecule has 0 aromatic heterocycles. The number of benzene rings is 1. The van der Waals surface area contributed by atoms with E-state index in [2.05, 4.69) is 30.6 Å². The number of halogens is 1. The molecule has 0 saturated carbocycles. The molecule has 1 aromatic rings. The van der Waals surface area contributed by atoms with E-state index in [0.29, 0.717) is 6.54 Å². The average Bonchev–Trinajstić information content (AvgIpc) is 2.88. The van der Waals surface area contributed by atoms with Crippen molar-refractivity contribution in [2.75, 3.05) is 19.6 Å². The van der Waals surface area contributed by atoms with Crippen molar-refractivity contribution in [1.82, 2.24) is 4.90 Å². The molecule has 0 aliphatic carbocycles. The monoisotopic (exact) mass is 274 g/mol. The van der Waals surface area contributed by atoms with E-state index in [1.807, 2.05) is 6.07 Å². The minimum absolute atomic E-state index is 0.239. The molecule has 2 rings (SSSR count). The SMILES string of the molecule is CC(C)C1CCN(Cc2ccc(F)cc2C#CCN)C1. The predicted octanol–water partition coefficient (Wildman–Crippen LogP) is 2.61. The van der Waals surface area contributed by atoms with Gasteiger partial charge >= 0.3 is 0 Å². The summed E-state index contributed by atoms with van der Waals surface area (Å²) >= 11 is 0. The summed E-state index contributed by atoms with van der Waals surface area (Å²) in [7, 11) is 0. The van der Waals surface area contributed by atoms with Gasteiger partial charge in [0.05, 0.1) is 6.54 Å². The maximum Gasteiger partial charge on any atom is 0.124 e. The second kappa shape index (κ2) is 6.88. The van der Waals surface area contributed by atoms with Crippen LogP contribution in [0.25, 0.3) is 0 Å². The van der Waals surface area contributed by atoms with Gasteiger partial charge in [-0.15, -0.1) is 0 Å². The van der Waals surface area contributed by atoms with Gasteiger partial charge in [0.2, 0.25) is 0 Å². The van der Waals surface area contributed by atoms with Crippen molar-refractivity contribution in [2.24, 2.45) is 17.6 Å². The fraction of sp³-hybridized carbons (Fsp3) is 0.529. The molecular weight excluding hydrogens is 251 g/mol.